The average Bonchev–Trinajstić information content (AvgIpc) is 3.25. The van der Waals surface area contributed by atoms with Crippen molar-refractivity contribution in [3.05, 3.63) is 89.3 Å². The molecule has 0 fully saturated rings. The first-order valence-corrected chi connectivity index (χ1v) is 15.8. The van der Waals surface area contributed by atoms with Crippen molar-refractivity contribution in [2.45, 2.75) is 84.7 Å². The van der Waals surface area contributed by atoms with Crippen LogP contribution in [0.5, 0.6) is 11.5 Å². The number of benzene rings is 3. The fraction of sp³-hybridized carbons (Fsp3) is 0.394. The fourth-order valence-electron chi connectivity index (χ4n) is 6.06. The SMILES string of the molecule is CCCc1cc(C2(c3cc(CCC)c(CCC)c(O)c3Br)OC(=O)c3c(C(=O)O)cccc32)c(Br)c(O)c1CCC. The number of phenols is 2. The summed E-state index contributed by atoms with van der Waals surface area (Å²) >= 11 is 7.29. The maximum atomic E-state index is 13.7. The van der Waals surface area contributed by atoms with E-state index in [0.717, 1.165) is 47.9 Å². The summed E-state index contributed by atoms with van der Waals surface area (Å²) in [5.74, 6) is -1.88. The Bertz CT molecular complexity index is 1440. The molecule has 3 N–H and O–H groups in total. The van der Waals surface area contributed by atoms with E-state index in [0.29, 0.717) is 51.3 Å². The molecule has 0 saturated heterocycles. The Kier molecular flexibility index (Phi) is 9.54. The number of rotatable bonds is 11. The van der Waals surface area contributed by atoms with E-state index in [1.807, 2.05) is 26.0 Å². The van der Waals surface area contributed by atoms with Crippen molar-refractivity contribution >= 4 is 43.8 Å². The van der Waals surface area contributed by atoms with Crippen LogP contribution in [-0.4, -0.2) is 27.3 Å². The van der Waals surface area contributed by atoms with Crippen LogP contribution >= 0.6 is 31.9 Å². The molecule has 8 heteroatoms. The van der Waals surface area contributed by atoms with Crippen LogP contribution in [0.25, 0.3) is 0 Å². The second-order valence-corrected chi connectivity index (χ2v) is 12.1. The molecule has 0 saturated carbocycles. The van der Waals surface area contributed by atoms with Crippen molar-refractivity contribution in [3.8, 4) is 11.5 Å². The van der Waals surface area contributed by atoms with Gasteiger partial charge in [-0.15, -0.1) is 0 Å². The van der Waals surface area contributed by atoms with E-state index in [9.17, 15) is 24.9 Å². The van der Waals surface area contributed by atoms with Crippen LogP contribution in [0, 0.1) is 0 Å². The number of phenolic OH excluding ortho intramolecular Hbond substituents is 2. The molecule has 0 spiro atoms. The second kappa shape index (κ2) is 12.6. The summed E-state index contributed by atoms with van der Waals surface area (Å²) in [7, 11) is 0. The Morgan fingerprint density at radius 2 is 1.24 bits per heavy atom. The number of hydrogen-bond donors (Lipinski definition) is 3. The van der Waals surface area contributed by atoms with E-state index in [1.54, 1.807) is 12.1 Å². The first kappa shape index (κ1) is 31.1. The molecular weight excluding hydrogens is 652 g/mol. The summed E-state index contributed by atoms with van der Waals surface area (Å²) in [6, 6.07) is 8.58. The minimum atomic E-state index is -1.65. The van der Waals surface area contributed by atoms with Gasteiger partial charge in [-0.1, -0.05) is 65.5 Å². The predicted molar refractivity (Wildman–Crippen MR) is 166 cm³/mol. The van der Waals surface area contributed by atoms with Crippen LogP contribution < -0.4 is 0 Å². The Hall–Kier alpha value is -2.84. The quantitative estimate of drug-likeness (QED) is 0.175. The molecule has 1 aliphatic rings. The van der Waals surface area contributed by atoms with E-state index in [4.69, 9.17) is 4.74 Å². The summed E-state index contributed by atoms with van der Waals surface area (Å²) < 4.78 is 7.06. The zero-order valence-corrected chi connectivity index (χ0v) is 27.0. The number of carboxylic acids is 1. The van der Waals surface area contributed by atoms with Crippen molar-refractivity contribution in [1.82, 2.24) is 0 Å². The van der Waals surface area contributed by atoms with E-state index < -0.39 is 17.5 Å². The van der Waals surface area contributed by atoms with Crippen LogP contribution in [0.1, 0.15) is 113 Å². The topological polar surface area (TPSA) is 104 Å². The zero-order valence-electron chi connectivity index (χ0n) is 23.9. The number of hydrogen-bond acceptors (Lipinski definition) is 5. The molecule has 4 rings (SSSR count). The lowest BCUT2D eigenvalue weighted by Crippen LogP contribution is -2.31. The molecule has 0 amide bonds. The Balaban J connectivity index is 2.22. The molecule has 1 aliphatic heterocycles. The van der Waals surface area contributed by atoms with Gasteiger partial charge in [0, 0.05) is 16.7 Å². The zero-order chi connectivity index (χ0) is 30.1. The Morgan fingerprint density at radius 3 is 1.66 bits per heavy atom. The Labute approximate surface area is 258 Å². The van der Waals surface area contributed by atoms with Gasteiger partial charge >= 0.3 is 11.9 Å². The number of halogens is 2. The molecule has 41 heavy (non-hydrogen) atoms. The third-order valence-electron chi connectivity index (χ3n) is 7.79. The fourth-order valence-corrected chi connectivity index (χ4v) is 7.33. The van der Waals surface area contributed by atoms with Gasteiger partial charge in [-0.05, 0) is 98.0 Å². The predicted octanol–water partition coefficient (Wildman–Crippen LogP) is 8.59. The summed E-state index contributed by atoms with van der Waals surface area (Å²) in [5.41, 5.74) is 2.96. The number of aryl methyl sites for hydroxylation is 2. The lowest BCUT2D eigenvalue weighted by Gasteiger charge is -2.34. The molecule has 3 aromatic rings. The number of carboxylic acid groups (broad SMARTS) is 1. The maximum absolute atomic E-state index is 13.7. The van der Waals surface area contributed by atoms with E-state index in [2.05, 4.69) is 45.7 Å². The summed E-state index contributed by atoms with van der Waals surface area (Å²) in [6.45, 7) is 8.22. The molecule has 0 radical (unpaired) electrons. The van der Waals surface area contributed by atoms with Crippen molar-refractivity contribution in [1.29, 1.82) is 0 Å². The van der Waals surface area contributed by atoms with Crippen molar-refractivity contribution in [2.75, 3.05) is 0 Å². The van der Waals surface area contributed by atoms with Crippen LogP contribution in [0.15, 0.2) is 39.3 Å². The lowest BCUT2D eigenvalue weighted by atomic mass is 9.76. The highest BCUT2D eigenvalue weighted by Crippen LogP contribution is 2.55. The van der Waals surface area contributed by atoms with E-state index in [1.165, 1.54) is 6.07 Å². The van der Waals surface area contributed by atoms with Crippen LogP contribution in [-0.2, 0) is 36.0 Å². The van der Waals surface area contributed by atoms with Crippen LogP contribution in [0.2, 0.25) is 0 Å². The van der Waals surface area contributed by atoms with Gasteiger partial charge in [-0.3, -0.25) is 0 Å². The highest BCUT2D eigenvalue weighted by atomic mass is 79.9. The molecule has 0 bridgehead atoms. The van der Waals surface area contributed by atoms with Gasteiger partial charge in [-0.2, -0.15) is 0 Å². The number of fused-ring (bicyclic) bond motifs is 1. The van der Waals surface area contributed by atoms with Crippen molar-refractivity contribution < 1.29 is 29.6 Å². The number of carbonyl (C=O) groups excluding carboxylic acids is 1. The van der Waals surface area contributed by atoms with Crippen molar-refractivity contribution in [3.63, 3.8) is 0 Å². The Morgan fingerprint density at radius 1 is 0.780 bits per heavy atom. The highest BCUT2D eigenvalue weighted by Gasteiger charge is 2.53. The maximum Gasteiger partial charge on any atom is 0.341 e. The number of ether oxygens (including phenoxy) is 1. The molecule has 0 atom stereocenters. The third kappa shape index (κ3) is 5.18. The summed E-state index contributed by atoms with van der Waals surface area (Å²) in [4.78, 5) is 25.9. The highest BCUT2D eigenvalue weighted by molar-refractivity contribution is 9.11. The van der Waals surface area contributed by atoms with E-state index in [-0.39, 0.29) is 22.6 Å². The number of esters is 1. The smallest absolute Gasteiger partial charge is 0.341 e. The normalized spacial score (nSPS) is 13.8. The monoisotopic (exact) mass is 686 g/mol. The molecule has 6 nitrogen and oxygen atoms in total. The lowest BCUT2D eigenvalue weighted by molar-refractivity contribution is 0.0243. The van der Waals surface area contributed by atoms with E-state index >= 15 is 0 Å². The molecule has 218 valence electrons. The third-order valence-corrected chi connectivity index (χ3v) is 9.40. The van der Waals surface area contributed by atoms with Crippen LogP contribution in [0.4, 0.5) is 0 Å². The van der Waals surface area contributed by atoms with Crippen LogP contribution in [0.3, 0.4) is 0 Å². The summed E-state index contributed by atoms with van der Waals surface area (Å²) in [5, 5.41) is 33.0. The average molecular weight is 688 g/mol. The largest absolute Gasteiger partial charge is 0.506 e. The number of carbonyl (C=O) groups is 2. The molecule has 1 heterocycles. The van der Waals surface area contributed by atoms with Gasteiger partial charge in [0.2, 0.25) is 0 Å². The minimum Gasteiger partial charge on any atom is -0.506 e. The van der Waals surface area contributed by atoms with Gasteiger partial charge in [0.1, 0.15) is 11.5 Å². The molecule has 3 aromatic carbocycles. The molecule has 0 aromatic heterocycles. The summed E-state index contributed by atoms with van der Waals surface area (Å²) in [6.07, 6.45) is 6.06. The standard InChI is InChI=1S/C33H36Br2O6/c1-5-10-18-16-24(27(34)29(36)20(18)12-7-3)33(23-15-9-14-22(31(38)39)26(23)32(40)41-33)25-17-19(11-6-2)21(13-8-4)30(37)28(25)35/h9,14-17,36-37H,5-8,10-13H2,1-4H3,(H,38,39). The van der Waals surface area contributed by atoms with Gasteiger partial charge in [0.15, 0.2) is 5.60 Å². The minimum absolute atomic E-state index is 0.0397. The van der Waals surface area contributed by atoms with Gasteiger partial charge in [0.05, 0.1) is 20.1 Å². The van der Waals surface area contributed by atoms with Gasteiger partial charge in [-0.25, -0.2) is 9.59 Å². The number of aromatic carboxylic acids is 1. The molecule has 0 unspecified atom stereocenters. The number of cyclic esters (lactones) is 1. The first-order chi connectivity index (χ1) is 19.6. The second-order valence-electron chi connectivity index (χ2n) is 10.6. The number of aromatic hydroxyl groups is 2. The molecule has 0 aliphatic carbocycles. The van der Waals surface area contributed by atoms with Gasteiger partial charge in [0.25, 0.3) is 0 Å². The molecular formula is C33H36Br2O6. The van der Waals surface area contributed by atoms with Gasteiger partial charge < -0.3 is 20.1 Å². The first-order valence-electron chi connectivity index (χ1n) is 14.3. The van der Waals surface area contributed by atoms with Crippen molar-refractivity contribution in [2.24, 2.45) is 0 Å².